The zero-order valence-electron chi connectivity index (χ0n) is 18.1. The van der Waals surface area contributed by atoms with Crippen molar-refractivity contribution in [2.45, 2.75) is 13.5 Å². The Hall–Kier alpha value is -3.65. The van der Waals surface area contributed by atoms with Crippen LogP contribution < -0.4 is 19.6 Å². The predicted molar refractivity (Wildman–Crippen MR) is 117 cm³/mol. The molecule has 0 fully saturated rings. The van der Waals surface area contributed by atoms with Crippen LogP contribution in [0.3, 0.4) is 0 Å². The van der Waals surface area contributed by atoms with E-state index in [1.165, 1.54) is 6.20 Å². The molecule has 0 unspecified atom stereocenters. The normalized spacial score (nSPS) is 10.6. The largest absolute Gasteiger partial charge is 0.497 e. The van der Waals surface area contributed by atoms with Gasteiger partial charge in [0.25, 0.3) is 5.91 Å². The van der Waals surface area contributed by atoms with Gasteiger partial charge in [0.1, 0.15) is 22.9 Å². The number of nitrogens with zero attached hydrogens (tertiary/aromatic N) is 3. The minimum atomic E-state index is -0.349. The number of ether oxygens (including phenoxy) is 3. The van der Waals surface area contributed by atoms with Crippen molar-refractivity contribution in [2.24, 2.45) is 0 Å². The maximum absolute atomic E-state index is 12.7. The number of nitrogens with one attached hydrogen (secondary N) is 1. The number of hydrazine groups is 1. The molecule has 0 aliphatic rings. The van der Waals surface area contributed by atoms with Crippen LogP contribution in [0.15, 0.2) is 54.9 Å². The fourth-order valence-electron chi connectivity index (χ4n) is 3.00. The van der Waals surface area contributed by atoms with Crippen LogP contribution in [0, 0.1) is 0 Å². The monoisotopic (exact) mass is 422 g/mol. The van der Waals surface area contributed by atoms with Gasteiger partial charge < -0.3 is 14.2 Å². The summed E-state index contributed by atoms with van der Waals surface area (Å²) in [6.45, 7) is 2.99. The van der Waals surface area contributed by atoms with E-state index >= 15 is 0 Å². The Labute approximate surface area is 181 Å². The summed E-state index contributed by atoms with van der Waals surface area (Å²) >= 11 is 0. The number of aromatic nitrogens is 2. The molecule has 0 radical (unpaired) electrons. The second-order valence-corrected chi connectivity index (χ2v) is 6.76. The van der Waals surface area contributed by atoms with Crippen LogP contribution >= 0.6 is 0 Å². The van der Waals surface area contributed by atoms with Crippen molar-refractivity contribution in [2.75, 3.05) is 27.9 Å². The Morgan fingerprint density at radius 2 is 1.68 bits per heavy atom. The molecule has 0 bridgehead atoms. The van der Waals surface area contributed by atoms with Gasteiger partial charge in [0.2, 0.25) is 0 Å². The zero-order valence-corrected chi connectivity index (χ0v) is 18.1. The molecular formula is C23H26N4O4. The van der Waals surface area contributed by atoms with Gasteiger partial charge in [0.15, 0.2) is 0 Å². The molecular weight excluding hydrogens is 396 g/mol. The van der Waals surface area contributed by atoms with E-state index in [2.05, 4.69) is 15.4 Å². The molecule has 0 aliphatic heterocycles. The third-order valence-electron chi connectivity index (χ3n) is 4.45. The third kappa shape index (κ3) is 5.93. The molecule has 31 heavy (non-hydrogen) atoms. The SMILES string of the molecule is CCOc1ccc(-c2cncc(C(=O)NN(C)Cc3cc(OC)cc(OC)c3)n2)cc1. The minimum absolute atomic E-state index is 0.224. The van der Waals surface area contributed by atoms with Gasteiger partial charge in [-0.05, 0) is 48.9 Å². The van der Waals surface area contributed by atoms with Gasteiger partial charge in [0.05, 0.1) is 38.9 Å². The fraction of sp³-hybridized carbons (Fsp3) is 0.261. The van der Waals surface area contributed by atoms with Crippen molar-refractivity contribution < 1.29 is 19.0 Å². The number of hydrogen-bond acceptors (Lipinski definition) is 7. The Morgan fingerprint density at radius 1 is 1.00 bits per heavy atom. The third-order valence-corrected chi connectivity index (χ3v) is 4.45. The predicted octanol–water partition coefficient (Wildman–Crippen LogP) is 3.34. The summed E-state index contributed by atoms with van der Waals surface area (Å²) in [5.41, 5.74) is 5.42. The van der Waals surface area contributed by atoms with Gasteiger partial charge in [0, 0.05) is 25.2 Å². The summed E-state index contributed by atoms with van der Waals surface area (Å²) in [5, 5.41) is 1.67. The van der Waals surface area contributed by atoms with Crippen LogP contribution in [-0.2, 0) is 6.54 Å². The van der Waals surface area contributed by atoms with E-state index in [1.807, 2.05) is 43.3 Å². The molecule has 0 spiro atoms. The summed E-state index contributed by atoms with van der Waals surface area (Å²) in [6.07, 6.45) is 3.06. The highest BCUT2D eigenvalue weighted by Gasteiger charge is 2.13. The standard InChI is InChI=1S/C23H26N4O4/c1-5-31-18-8-6-17(7-9-18)21-13-24-14-22(25-21)23(28)26-27(2)15-16-10-19(29-3)12-20(11-16)30-4/h6-14H,5,15H2,1-4H3,(H,26,28). The first-order valence-electron chi connectivity index (χ1n) is 9.81. The number of benzene rings is 2. The molecule has 1 N–H and O–H groups in total. The first-order chi connectivity index (χ1) is 15.0. The van der Waals surface area contributed by atoms with Gasteiger partial charge in [-0.3, -0.25) is 15.2 Å². The lowest BCUT2D eigenvalue weighted by molar-refractivity contribution is 0.0814. The van der Waals surface area contributed by atoms with E-state index in [-0.39, 0.29) is 11.6 Å². The van der Waals surface area contributed by atoms with E-state index < -0.39 is 0 Å². The molecule has 8 nitrogen and oxygen atoms in total. The number of rotatable bonds is 9. The molecule has 3 rings (SSSR count). The Balaban J connectivity index is 1.68. The average Bonchev–Trinajstić information content (AvgIpc) is 2.79. The molecule has 162 valence electrons. The fourth-order valence-corrected chi connectivity index (χ4v) is 3.00. The van der Waals surface area contributed by atoms with Gasteiger partial charge >= 0.3 is 0 Å². The van der Waals surface area contributed by atoms with Crippen molar-refractivity contribution in [3.05, 3.63) is 66.1 Å². The molecule has 8 heteroatoms. The molecule has 0 aliphatic carbocycles. The quantitative estimate of drug-likeness (QED) is 0.529. The highest BCUT2D eigenvalue weighted by molar-refractivity contribution is 5.92. The lowest BCUT2D eigenvalue weighted by Gasteiger charge is -2.19. The van der Waals surface area contributed by atoms with Crippen molar-refractivity contribution >= 4 is 5.91 Å². The first kappa shape index (κ1) is 22.0. The van der Waals surface area contributed by atoms with E-state index in [4.69, 9.17) is 14.2 Å². The van der Waals surface area contributed by atoms with Crippen molar-refractivity contribution in [1.29, 1.82) is 0 Å². The molecule has 2 aromatic carbocycles. The first-order valence-corrected chi connectivity index (χ1v) is 9.81. The number of carbonyl (C=O) groups is 1. The van der Waals surface area contributed by atoms with Gasteiger partial charge in [-0.25, -0.2) is 9.99 Å². The Kier molecular flexibility index (Phi) is 7.40. The number of amides is 1. The minimum Gasteiger partial charge on any atom is -0.497 e. The number of methoxy groups -OCH3 is 2. The van der Waals surface area contributed by atoms with Crippen molar-refractivity contribution in [3.8, 4) is 28.5 Å². The maximum atomic E-state index is 12.7. The second kappa shape index (κ2) is 10.4. The zero-order chi connectivity index (χ0) is 22.2. The average molecular weight is 422 g/mol. The Bertz CT molecular complexity index is 1000. The maximum Gasteiger partial charge on any atom is 0.285 e. The van der Waals surface area contributed by atoms with Gasteiger partial charge in [-0.1, -0.05) is 0 Å². The van der Waals surface area contributed by atoms with Gasteiger partial charge in [-0.15, -0.1) is 0 Å². The van der Waals surface area contributed by atoms with Gasteiger partial charge in [-0.2, -0.15) is 0 Å². The molecule has 0 saturated carbocycles. The van der Waals surface area contributed by atoms with Crippen LogP contribution in [0.1, 0.15) is 23.0 Å². The van der Waals surface area contributed by atoms with Crippen LogP contribution in [0.5, 0.6) is 17.2 Å². The van der Waals surface area contributed by atoms with Crippen LogP contribution in [0.4, 0.5) is 0 Å². The lowest BCUT2D eigenvalue weighted by Crippen LogP contribution is -2.39. The molecule has 1 amide bonds. The van der Waals surface area contributed by atoms with E-state index in [1.54, 1.807) is 38.5 Å². The van der Waals surface area contributed by atoms with E-state index in [0.717, 1.165) is 16.9 Å². The summed E-state index contributed by atoms with van der Waals surface area (Å²) in [4.78, 5) is 21.3. The van der Waals surface area contributed by atoms with E-state index in [0.29, 0.717) is 30.3 Å². The molecule has 3 aromatic rings. The number of hydrogen-bond donors (Lipinski definition) is 1. The topological polar surface area (TPSA) is 85.8 Å². The second-order valence-electron chi connectivity index (χ2n) is 6.76. The smallest absolute Gasteiger partial charge is 0.285 e. The van der Waals surface area contributed by atoms with Crippen LogP contribution in [-0.4, -0.2) is 48.8 Å². The lowest BCUT2D eigenvalue weighted by atomic mass is 10.1. The summed E-state index contributed by atoms with van der Waals surface area (Å²) in [6, 6.07) is 13.1. The highest BCUT2D eigenvalue weighted by atomic mass is 16.5. The van der Waals surface area contributed by atoms with Crippen molar-refractivity contribution in [3.63, 3.8) is 0 Å². The number of carbonyl (C=O) groups excluding carboxylic acids is 1. The molecule has 0 saturated heterocycles. The van der Waals surface area contributed by atoms with Crippen LogP contribution in [0.25, 0.3) is 11.3 Å². The summed E-state index contributed by atoms with van der Waals surface area (Å²) < 4.78 is 16.0. The molecule has 1 aromatic heterocycles. The van der Waals surface area contributed by atoms with Crippen LogP contribution in [0.2, 0.25) is 0 Å². The Morgan fingerprint density at radius 3 is 2.29 bits per heavy atom. The molecule has 0 atom stereocenters. The summed E-state index contributed by atoms with van der Waals surface area (Å²) in [5.74, 6) is 1.80. The molecule has 1 heterocycles. The van der Waals surface area contributed by atoms with E-state index in [9.17, 15) is 4.79 Å². The van der Waals surface area contributed by atoms with Crippen molar-refractivity contribution in [1.82, 2.24) is 20.4 Å². The highest BCUT2D eigenvalue weighted by Crippen LogP contribution is 2.23. The summed E-state index contributed by atoms with van der Waals surface area (Å²) in [7, 11) is 4.97.